The van der Waals surface area contributed by atoms with Crippen molar-refractivity contribution in [2.24, 2.45) is 5.92 Å². The molecule has 0 amide bonds. The van der Waals surface area contributed by atoms with Crippen LogP contribution >= 0.6 is 0 Å². The van der Waals surface area contributed by atoms with Crippen molar-refractivity contribution in [1.29, 1.82) is 5.26 Å². The number of carbonyl (C=O) groups is 1. The van der Waals surface area contributed by atoms with Gasteiger partial charge in [-0.1, -0.05) is 13.3 Å². The third kappa shape index (κ3) is 4.09. The zero-order valence-corrected chi connectivity index (χ0v) is 7.67. The second-order valence-electron chi connectivity index (χ2n) is 2.68. The number of ether oxygens (including phenoxy) is 1. The van der Waals surface area contributed by atoms with Crippen LogP contribution in [0, 0.1) is 17.2 Å². The Hall–Kier alpha value is -0.880. The van der Waals surface area contributed by atoms with Crippen LogP contribution in [-0.4, -0.2) is 19.5 Å². The molecule has 0 fully saturated rings. The van der Waals surface area contributed by atoms with Crippen LogP contribution in [0.3, 0.4) is 0 Å². The lowest BCUT2D eigenvalue weighted by molar-refractivity contribution is -0.122. The van der Waals surface area contributed by atoms with E-state index in [4.69, 9.17) is 10.00 Å². The third-order valence-corrected chi connectivity index (χ3v) is 1.67. The van der Waals surface area contributed by atoms with E-state index in [0.29, 0.717) is 19.4 Å². The Morgan fingerprint density at radius 2 is 2.33 bits per heavy atom. The minimum Gasteiger partial charge on any atom is -0.384 e. The highest BCUT2D eigenvalue weighted by Crippen LogP contribution is 2.08. The van der Waals surface area contributed by atoms with Gasteiger partial charge in [-0.05, 0) is 6.42 Å². The Balaban J connectivity index is 3.79. The molecule has 0 heterocycles. The van der Waals surface area contributed by atoms with Gasteiger partial charge in [0.2, 0.25) is 0 Å². The van der Waals surface area contributed by atoms with E-state index in [-0.39, 0.29) is 5.78 Å². The van der Waals surface area contributed by atoms with Crippen molar-refractivity contribution >= 4 is 5.78 Å². The molecule has 0 aromatic rings. The standard InChI is InChI=1S/C9H15NO2/c1-3-4-8(7-10)9(11)5-6-12-2/h8H,3-6H2,1-2H3. The van der Waals surface area contributed by atoms with Gasteiger partial charge in [0.15, 0.2) is 5.78 Å². The van der Waals surface area contributed by atoms with Crippen LogP contribution in [0.1, 0.15) is 26.2 Å². The lowest BCUT2D eigenvalue weighted by Gasteiger charge is -2.04. The zero-order valence-electron chi connectivity index (χ0n) is 7.67. The smallest absolute Gasteiger partial charge is 0.152 e. The first-order valence-electron chi connectivity index (χ1n) is 4.17. The summed E-state index contributed by atoms with van der Waals surface area (Å²) in [5.74, 6) is -0.425. The summed E-state index contributed by atoms with van der Waals surface area (Å²) < 4.78 is 4.76. The summed E-state index contributed by atoms with van der Waals surface area (Å²) in [6, 6.07) is 2.01. The highest BCUT2D eigenvalue weighted by Gasteiger charge is 2.15. The Bertz CT molecular complexity index is 172. The predicted molar refractivity (Wildman–Crippen MR) is 45.5 cm³/mol. The summed E-state index contributed by atoms with van der Waals surface area (Å²) in [6.07, 6.45) is 1.89. The van der Waals surface area contributed by atoms with E-state index in [1.54, 1.807) is 7.11 Å². The van der Waals surface area contributed by atoms with Crippen LogP contribution in [0.4, 0.5) is 0 Å². The molecule has 0 N–H and O–H groups in total. The molecule has 0 aliphatic carbocycles. The molecule has 3 heteroatoms. The zero-order chi connectivity index (χ0) is 9.40. The normalized spacial score (nSPS) is 12.1. The van der Waals surface area contributed by atoms with Gasteiger partial charge in [-0.15, -0.1) is 0 Å². The Labute approximate surface area is 73.3 Å². The minimum absolute atomic E-state index is 0.00111. The van der Waals surface area contributed by atoms with Crippen LogP contribution in [0.5, 0.6) is 0 Å². The van der Waals surface area contributed by atoms with E-state index in [1.807, 2.05) is 13.0 Å². The molecular weight excluding hydrogens is 154 g/mol. The van der Waals surface area contributed by atoms with Gasteiger partial charge in [-0.25, -0.2) is 0 Å². The molecule has 1 unspecified atom stereocenters. The molecule has 68 valence electrons. The summed E-state index contributed by atoms with van der Waals surface area (Å²) in [4.78, 5) is 11.2. The average Bonchev–Trinajstić information content (AvgIpc) is 2.10. The molecule has 0 radical (unpaired) electrons. The van der Waals surface area contributed by atoms with Crippen molar-refractivity contribution < 1.29 is 9.53 Å². The molecule has 0 rings (SSSR count). The molecule has 0 spiro atoms. The SMILES string of the molecule is CCCC(C#N)C(=O)CCOC. The molecule has 0 saturated heterocycles. The van der Waals surface area contributed by atoms with Gasteiger partial charge in [0.1, 0.15) is 5.92 Å². The van der Waals surface area contributed by atoms with Crippen molar-refractivity contribution in [3.05, 3.63) is 0 Å². The summed E-state index contributed by atoms with van der Waals surface area (Å²) in [5, 5.41) is 8.62. The van der Waals surface area contributed by atoms with Gasteiger partial charge in [-0.2, -0.15) is 5.26 Å². The molecule has 0 aromatic carbocycles. The highest BCUT2D eigenvalue weighted by molar-refractivity contribution is 5.83. The van der Waals surface area contributed by atoms with E-state index in [1.165, 1.54) is 0 Å². The van der Waals surface area contributed by atoms with Crippen molar-refractivity contribution in [3.63, 3.8) is 0 Å². The number of hydrogen-bond acceptors (Lipinski definition) is 3. The lowest BCUT2D eigenvalue weighted by Crippen LogP contribution is -2.14. The number of ketones is 1. The van der Waals surface area contributed by atoms with Crippen LogP contribution in [-0.2, 0) is 9.53 Å². The van der Waals surface area contributed by atoms with Gasteiger partial charge in [0.25, 0.3) is 0 Å². The second-order valence-corrected chi connectivity index (χ2v) is 2.68. The first-order valence-corrected chi connectivity index (χ1v) is 4.17. The number of nitriles is 1. The fourth-order valence-electron chi connectivity index (χ4n) is 0.963. The summed E-state index contributed by atoms with van der Waals surface area (Å²) in [7, 11) is 1.55. The molecular formula is C9H15NO2. The van der Waals surface area contributed by atoms with Gasteiger partial charge in [0.05, 0.1) is 12.7 Å². The van der Waals surface area contributed by atoms with E-state index >= 15 is 0 Å². The molecule has 0 aromatic heterocycles. The topological polar surface area (TPSA) is 50.1 Å². The van der Waals surface area contributed by atoms with Crippen LogP contribution in [0.25, 0.3) is 0 Å². The average molecular weight is 169 g/mol. The van der Waals surface area contributed by atoms with Gasteiger partial charge in [-0.3, -0.25) is 4.79 Å². The third-order valence-electron chi connectivity index (χ3n) is 1.67. The number of hydrogen-bond donors (Lipinski definition) is 0. The maximum absolute atomic E-state index is 11.2. The maximum Gasteiger partial charge on any atom is 0.152 e. The Kier molecular flexibility index (Phi) is 6.31. The van der Waals surface area contributed by atoms with E-state index in [0.717, 1.165) is 6.42 Å². The molecule has 0 aliphatic rings. The predicted octanol–water partition coefficient (Wildman–Crippen LogP) is 1.53. The first-order chi connectivity index (χ1) is 5.76. The Morgan fingerprint density at radius 1 is 1.67 bits per heavy atom. The van der Waals surface area contributed by atoms with Crippen LogP contribution < -0.4 is 0 Å². The molecule has 3 nitrogen and oxygen atoms in total. The number of methoxy groups -OCH3 is 1. The number of rotatable bonds is 6. The fourth-order valence-corrected chi connectivity index (χ4v) is 0.963. The minimum atomic E-state index is -0.426. The fraction of sp³-hybridized carbons (Fsp3) is 0.778. The summed E-state index contributed by atoms with van der Waals surface area (Å²) in [5.41, 5.74) is 0. The van der Waals surface area contributed by atoms with E-state index < -0.39 is 5.92 Å². The van der Waals surface area contributed by atoms with Crippen LogP contribution in [0.2, 0.25) is 0 Å². The molecule has 1 atom stereocenters. The number of Topliss-reactive ketones (excluding diaryl/α,β-unsaturated/α-hetero) is 1. The van der Waals surface area contributed by atoms with Crippen molar-refractivity contribution in [1.82, 2.24) is 0 Å². The van der Waals surface area contributed by atoms with Gasteiger partial charge in [0, 0.05) is 13.5 Å². The van der Waals surface area contributed by atoms with Crippen molar-refractivity contribution in [2.75, 3.05) is 13.7 Å². The quantitative estimate of drug-likeness (QED) is 0.606. The Morgan fingerprint density at radius 3 is 2.75 bits per heavy atom. The van der Waals surface area contributed by atoms with Crippen molar-refractivity contribution in [2.45, 2.75) is 26.2 Å². The van der Waals surface area contributed by atoms with Gasteiger partial charge >= 0.3 is 0 Å². The maximum atomic E-state index is 11.2. The van der Waals surface area contributed by atoms with Crippen LogP contribution in [0.15, 0.2) is 0 Å². The second kappa shape index (κ2) is 6.81. The molecule has 0 aliphatic heterocycles. The molecule has 12 heavy (non-hydrogen) atoms. The number of nitrogens with zero attached hydrogens (tertiary/aromatic N) is 1. The van der Waals surface area contributed by atoms with Crippen molar-refractivity contribution in [3.8, 4) is 6.07 Å². The molecule has 0 saturated carbocycles. The first kappa shape index (κ1) is 11.1. The van der Waals surface area contributed by atoms with E-state index in [2.05, 4.69) is 0 Å². The summed E-state index contributed by atoms with van der Waals surface area (Å²) >= 11 is 0. The lowest BCUT2D eigenvalue weighted by atomic mass is 9.98. The molecule has 0 bridgehead atoms. The van der Waals surface area contributed by atoms with Gasteiger partial charge < -0.3 is 4.74 Å². The highest BCUT2D eigenvalue weighted by atomic mass is 16.5. The number of carbonyl (C=O) groups excluding carboxylic acids is 1. The van der Waals surface area contributed by atoms with E-state index in [9.17, 15) is 4.79 Å². The monoisotopic (exact) mass is 169 g/mol. The summed E-state index contributed by atoms with van der Waals surface area (Å²) in [6.45, 7) is 2.38. The largest absolute Gasteiger partial charge is 0.384 e.